The standard InChI is InChI=1S/C23H24ClN3O2S2/c1-12-13(2)31-21-19(12)22(29)27(17-9-7-16(24)8-10-17)23(26-21)30-11-18(28)25-20(14-3-4-14)15-5-6-15/h7-10,14-15,20H,3-6,11H2,1-2H3,(H,25,28). The second-order valence-electron chi connectivity index (χ2n) is 8.53. The minimum Gasteiger partial charge on any atom is -0.352 e. The van der Waals surface area contributed by atoms with Crippen molar-refractivity contribution in [3.05, 3.63) is 50.1 Å². The maximum absolute atomic E-state index is 13.5. The Bertz CT molecular complexity index is 1200. The van der Waals surface area contributed by atoms with E-state index in [1.54, 1.807) is 16.7 Å². The number of aromatic nitrogens is 2. The second-order valence-corrected chi connectivity index (χ2v) is 11.1. The van der Waals surface area contributed by atoms with Crippen molar-refractivity contribution in [2.45, 2.75) is 50.7 Å². The number of benzene rings is 1. The highest BCUT2D eigenvalue weighted by atomic mass is 35.5. The first kappa shape index (κ1) is 21.0. The highest BCUT2D eigenvalue weighted by molar-refractivity contribution is 7.99. The number of fused-ring (bicyclic) bond motifs is 1. The molecule has 3 aromatic rings. The first-order valence-corrected chi connectivity index (χ1v) is 12.8. The molecule has 2 aromatic heterocycles. The number of aryl methyl sites for hydroxylation is 2. The van der Waals surface area contributed by atoms with Crippen molar-refractivity contribution in [3.8, 4) is 5.69 Å². The van der Waals surface area contributed by atoms with Crippen LogP contribution in [0.5, 0.6) is 0 Å². The van der Waals surface area contributed by atoms with E-state index in [1.807, 2.05) is 26.0 Å². The van der Waals surface area contributed by atoms with Crippen molar-refractivity contribution in [2.75, 3.05) is 5.75 Å². The Balaban J connectivity index is 1.46. The van der Waals surface area contributed by atoms with Crippen LogP contribution in [-0.4, -0.2) is 27.3 Å². The van der Waals surface area contributed by atoms with Crippen LogP contribution in [0.4, 0.5) is 0 Å². The molecule has 2 aliphatic rings. The van der Waals surface area contributed by atoms with E-state index in [0.717, 1.165) is 15.3 Å². The third-order valence-electron chi connectivity index (χ3n) is 6.18. The van der Waals surface area contributed by atoms with Gasteiger partial charge in [-0.1, -0.05) is 23.4 Å². The molecular formula is C23H24ClN3O2S2. The molecule has 1 amide bonds. The SMILES string of the molecule is Cc1sc2nc(SCC(=O)NC(C3CC3)C3CC3)n(-c3ccc(Cl)cc3)c(=O)c2c1C. The van der Waals surface area contributed by atoms with Gasteiger partial charge in [-0.25, -0.2) is 4.98 Å². The quantitative estimate of drug-likeness (QED) is 0.382. The molecule has 0 atom stereocenters. The first-order chi connectivity index (χ1) is 14.9. The molecule has 0 spiro atoms. The summed E-state index contributed by atoms with van der Waals surface area (Å²) in [6.45, 7) is 3.96. The topological polar surface area (TPSA) is 64.0 Å². The van der Waals surface area contributed by atoms with Gasteiger partial charge in [-0.2, -0.15) is 0 Å². The smallest absolute Gasteiger partial charge is 0.267 e. The van der Waals surface area contributed by atoms with Crippen LogP contribution in [0, 0.1) is 25.7 Å². The number of amides is 1. The fourth-order valence-electron chi connectivity index (χ4n) is 4.08. The molecule has 31 heavy (non-hydrogen) atoms. The van der Waals surface area contributed by atoms with Crippen LogP contribution in [0.15, 0.2) is 34.2 Å². The molecule has 0 aliphatic heterocycles. The Labute approximate surface area is 194 Å². The van der Waals surface area contributed by atoms with Crippen molar-refractivity contribution in [1.29, 1.82) is 0 Å². The maximum Gasteiger partial charge on any atom is 0.267 e. The van der Waals surface area contributed by atoms with Crippen LogP contribution in [0.3, 0.4) is 0 Å². The number of hydrogen-bond donors (Lipinski definition) is 1. The van der Waals surface area contributed by atoms with E-state index >= 15 is 0 Å². The number of nitrogens with zero attached hydrogens (tertiary/aromatic N) is 2. The van der Waals surface area contributed by atoms with Gasteiger partial charge >= 0.3 is 0 Å². The van der Waals surface area contributed by atoms with Crippen molar-refractivity contribution in [1.82, 2.24) is 14.9 Å². The number of nitrogens with one attached hydrogen (secondary N) is 1. The highest BCUT2D eigenvalue weighted by Gasteiger charge is 2.42. The van der Waals surface area contributed by atoms with Gasteiger partial charge in [-0.3, -0.25) is 14.2 Å². The zero-order chi connectivity index (χ0) is 21.7. The Morgan fingerprint density at radius 2 is 1.87 bits per heavy atom. The van der Waals surface area contributed by atoms with E-state index in [1.165, 1.54) is 48.8 Å². The third kappa shape index (κ3) is 4.28. The van der Waals surface area contributed by atoms with Crippen molar-refractivity contribution >= 4 is 50.8 Å². The molecule has 0 unspecified atom stereocenters. The Kier molecular flexibility index (Phi) is 5.61. The van der Waals surface area contributed by atoms with Gasteiger partial charge in [0.1, 0.15) is 4.83 Å². The monoisotopic (exact) mass is 473 g/mol. The summed E-state index contributed by atoms with van der Waals surface area (Å²) < 4.78 is 1.61. The van der Waals surface area contributed by atoms with Gasteiger partial charge in [0, 0.05) is 15.9 Å². The fourth-order valence-corrected chi connectivity index (χ4v) is 6.10. The number of rotatable bonds is 7. The lowest BCUT2D eigenvalue weighted by Crippen LogP contribution is -2.39. The average molecular weight is 474 g/mol. The Morgan fingerprint density at radius 3 is 2.48 bits per heavy atom. The minimum absolute atomic E-state index is 0.0179. The number of hydrogen-bond acceptors (Lipinski definition) is 5. The lowest BCUT2D eigenvalue weighted by molar-refractivity contribution is -0.119. The predicted octanol–water partition coefficient (Wildman–Crippen LogP) is 5.11. The lowest BCUT2D eigenvalue weighted by atomic mass is 10.1. The largest absolute Gasteiger partial charge is 0.352 e. The number of halogens is 1. The molecule has 1 N–H and O–H groups in total. The van der Waals surface area contributed by atoms with Gasteiger partial charge in [0.05, 0.1) is 16.8 Å². The number of carbonyl (C=O) groups excluding carboxylic acids is 1. The van der Waals surface area contributed by atoms with E-state index in [-0.39, 0.29) is 17.2 Å². The van der Waals surface area contributed by atoms with Crippen molar-refractivity contribution < 1.29 is 4.79 Å². The molecule has 2 heterocycles. The second kappa shape index (κ2) is 8.26. The van der Waals surface area contributed by atoms with Crippen LogP contribution in [0.1, 0.15) is 36.1 Å². The van der Waals surface area contributed by atoms with Gasteiger partial charge < -0.3 is 5.32 Å². The summed E-state index contributed by atoms with van der Waals surface area (Å²) in [5, 5.41) is 5.04. The zero-order valence-corrected chi connectivity index (χ0v) is 19.9. The number of thioether (sulfide) groups is 1. The molecule has 2 aliphatic carbocycles. The van der Waals surface area contributed by atoms with Crippen LogP contribution >= 0.6 is 34.7 Å². The van der Waals surface area contributed by atoms with Crippen molar-refractivity contribution in [2.24, 2.45) is 11.8 Å². The zero-order valence-electron chi connectivity index (χ0n) is 17.5. The predicted molar refractivity (Wildman–Crippen MR) is 128 cm³/mol. The molecular weight excluding hydrogens is 450 g/mol. The summed E-state index contributed by atoms with van der Waals surface area (Å²) in [4.78, 5) is 32.8. The Hall–Kier alpha value is -1.83. The molecule has 5 rings (SSSR count). The summed E-state index contributed by atoms with van der Waals surface area (Å²) in [5.74, 6) is 1.56. The van der Waals surface area contributed by atoms with Crippen molar-refractivity contribution in [3.63, 3.8) is 0 Å². The molecule has 0 saturated heterocycles. The molecule has 2 saturated carbocycles. The normalized spacial score (nSPS) is 16.3. The average Bonchev–Trinajstić information content (AvgIpc) is 3.65. The summed E-state index contributed by atoms with van der Waals surface area (Å²) in [6, 6.07) is 7.47. The van der Waals surface area contributed by atoms with Gasteiger partial charge in [0.25, 0.3) is 5.56 Å². The summed E-state index contributed by atoms with van der Waals surface area (Å²) in [7, 11) is 0. The van der Waals surface area contributed by atoms with Crippen LogP contribution in [0.2, 0.25) is 5.02 Å². The molecule has 162 valence electrons. The van der Waals surface area contributed by atoms with E-state index in [9.17, 15) is 9.59 Å². The Morgan fingerprint density at radius 1 is 1.23 bits per heavy atom. The first-order valence-electron chi connectivity index (χ1n) is 10.6. The number of thiophene rings is 1. The van der Waals surface area contributed by atoms with Gasteiger partial charge in [0.2, 0.25) is 5.91 Å². The minimum atomic E-state index is -0.106. The van der Waals surface area contributed by atoms with Gasteiger partial charge in [-0.05, 0) is 81.2 Å². The number of carbonyl (C=O) groups is 1. The van der Waals surface area contributed by atoms with E-state index < -0.39 is 0 Å². The van der Waals surface area contributed by atoms with E-state index in [0.29, 0.717) is 39.1 Å². The van der Waals surface area contributed by atoms with Gasteiger partial charge in [-0.15, -0.1) is 11.3 Å². The molecule has 0 radical (unpaired) electrons. The molecule has 0 bridgehead atoms. The van der Waals surface area contributed by atoms with Crippen LogP contribution < -0.4 is 10.9 Å². The molecule has 5 nitrogen and oxygen atoms in total. The highest BCUT2D eigenvalue weighted by Crippen LogP contribution is 2.44. The summed E-state index contributed by atoms with van der Waals surface area (Å²) in [6.07, 6.45) is 4.89. The molecule has 1 aromatic carbocycles. The van der Waals surface area contributed by atoms with Crippen LogP contribution in [-0.2, 0) is 4.79 Å². The molecule has 2 fully saturated rings. The maximum atomic E-state index is 13.5. The lowest BCUT2D eigenvalue weighted by Gasteiger charge is -2.18. The van der Waals surface area contributed by atoms with Crippen LogP contribution in [0.25, 0.3) is 15.9 Å². The van der Waals surface area contributed by atoms with E-state index in [2.05, 4.69) is 5.32 Å². The summed E-state index contributed by atoms with van der Waals surface area (Å²) >= 11 is 8.90. The molecule has 8 heteroatoms. The van der Waals surface area contributed by atoms with E-state index in [4.69, 9.17) is 16.6 Å². The summed E-state index contributed by atoms with van der Waals surface area (Å²) in [5.41, 5.74) is 1.56. The third-order valence-corrected chi connectivity index (χ3v) is 8.47. The fraction of sp³-hybridized carbons (Fsp3) is 0.435. The van der Waals surface area contributed by atoms with Gasteiger partial charge in [0.15, 0.2) is 5.16 Å².